The molecule has 1 fully saturated rings. The minimum absolute atomic E-state index is 0.0516. The molecular weight excluding hydrogens is 498 g/mol. The van der Waals surface area contributed by atoms with Gasteiger partial charge in [-0.2, -0.15) is 8.42 Å². The normalized spacial score (nSPS) is 24.5. The molecule has 1 saturated carbocycles. The third kappa shape index (κ3) is 4.90. The third-order valence-corrected chi connectivity index (χ3v) is 10.1. The maximum absolute atomic E-state index is 13.6. The Labute approximate surface area is 204 Å². The zero-order valence-corrected chi connectivity index (χ0v) is 22.0. The molecular formula is C22H31N3O6S3. The summed E-state index contributed by atoms with van der Waals surface area (Å²) < 4.78 is 53.3. The van der Waals surface area contributed by atoms with Gasteiger partial charge in [0.1, 0.15) is 31.1 Å². The molecule has 0 bridgehead atoms. The van der Waals surface area contributed by atoms with Crippen LogP contribution in [0.2, 0.25) is 0 Å². The van der Waals surface area contributed by atoms with E-state index in [9.17, 15) is 26.7 Å². The molecule has 2 aliphatic heterocycles. The van der Waals surface area contributed by atoms with Gasteiger partial charge in [0, 0.05) is 24.8 Å². The van der Waals surface area contributed by atoms with E-state index in [1.54, 1.807) is 10.3 Å². The molecule has 2 unspecified atom stereocenters. The van der Waals surface area contributed by atoms with Gasteiger partial charge in [0.15, 0.2) is 5.84 Å². The first-order valence-electron chi connectivity index (χ1n) is 11.5. The first-order valence-corrected chi connectivity index (χ1v) is 15.9. The summed E-state index contributed by atoms with van der Waals surface area (Å²) in [5, 5.41) is 16.0. The molecule has 34 heavy (non-hydrogen) atoms. The van der Waals surface area contributed by atoms with Crippen molar-refractivity contribution in [2.24, 2.45) is 16.2 Å². The standard InChI is InChI=1S/C22H31N3O6S3/c1-13(2)8-10-25-16-7-5-4-6-15(16)18(26)17(22(25)27)20-23-21-19(34(30,31)24-20)14(12-32-21)9-11-33(3,28)29/h12-13,15-16,26H,4-11H2,1-3H3,(H,23,24). The lowest BCUT2D eigenvalue weighted by Crippen LogP contribution is -2.53. The van der Waals surface area contributed by atoms with Gasteiger partial charge >= 0.3 is 0 Å². The molecule has 4 rings (SSSR count). The largest absolute Gasteiger partial charge is 0.511 e. The zero-order valence-electron chi connectivity index (χ0n) is 19.6. The van der Waals surface area contributed by atoms with Gasteiger partial charge in [0.2, 0.25) is 0 Å². The molecule has 1 aliphatic carbocycles. The summed E-state index contributed by atoms with van der Waals surface area (Å²) in [5.74, 6) is -0.682. The van der Waals surface area contributed by atoms with E-state index >= 15 is 0 Å². The zero-order chi connectivity index (χ0) is 24.8. The number of aryl methyl sites for hydroxylation is 1. The van der Waals surface area contributed by atoms with E-state index in [0.29, 0.717) is 18.0 Å². The number of sulfonamides is 1. The molecule has 2 atom stereocenters. The second-order valence-corrected chi connectivity index (χ2v) is 14.4. The molecule has 2 N–H and O–H groups in total. The van der Waals surface area contributed by atoms with Gasteiger partial charge in [0.25, 0.3) is 15.9 Å². The molecule has 9 nitrogen and oxygen atoms in total. The van der Waals surface area contributed by atoms with E-state index in [2.05, 4.69) is 23.6 Å². The summed E-state index contributed by atoms with van der Waals surface area (Å²) in [6.45, 7) is 4.70. The Morgan fingerprint density at radius 3 is 2.68 bits per heavy atom. The number of aliphatic hydroxyl groups is 1. The Morgan fingerprint density at radius 1 is 1.29 bits per heavy atom. The van der Waals surface area contributed by atoms with Crippen LogP contribution >= 0.6 is 11.3 Å². The van der Waals surface area contributed by atoms with Crippen molar-refractivity contribution in [2.45, 2.75) is 63.3 Å². The van der Waals surface area contributed by atoms with Gasteiger partial charge < -0.3 is 15.3 Å². The first-order chi connectivity index (χ1) is 15.9. The number of hydrogen-bond donors (Lipinski definition) is 2. The van der Waals surface area contributed by atoms with E-state index < -0.39 is 25.8 Å². The number of amidine groups is 1. The number of amides is 1. The van der Waals surface area contributed by atoms with Crippen molar-refractivity contribution in [1.82, 2.24) is 4.90 Å². The monoisotopic (exact) mass is 529 g/mol. The average molecular weight is 530 g/mol. The van der Waals surface area contributed by atoms with Crippen LogP contribution in [0.1, 0.15) is 51.5 Å². The van der Waals surface area contributed by atoms with Crippen molar-refractivity contribution in [2.75, 3.05) is 23.9 Å². The number of aliphatic hydroxyl groups excluding tert-OH is 1. The fraction of sp³-hybridized carbons (Fsp3) is 0.636. The molecule has 1 aromatic rings. The van der Waals surface area contributed by atoms with Crippen LogP contribution in [0.4, 0.5) is 5.00 Å². The minimum Gasteiger partial charge on any atom is -0.511 e. The van der Waals surface area contributed by atoms with Crippen LogP contribution in [0.5, 0.6) is 0 Å². The molecule has 3 heterocycles. The van der Waals surface area contributed by atoms with Crippen molar-refractivity contribution >= 4 is 47.9 Å². The molecule has 0 aromatic carbocycles. The Hall–Kier alpha value is -1.92. The summed E-state index contributed by atoms with van der Waals surface area (Å²) >= 11 is 1.12. The Kier molecular flexibility index (Phi) is 6.87. The van der Waals surface area contributed by atoms with E-state index in [4.69, 9.17) is 0 Å². The lowest BCUT2D eigenvalue weighted by molar-refractivity contribution is -0.133. The van der Waals surface area contributed by atoms with Crippen molar-refractivity contribution in [3.05, 3.63) is 22.3 Å². The van der Waals surface area contributed by atoms with Crippen LogP contribution in [0.3, 0.4) is 0 Å². The van der Waals surface area contributed by atoms with E-state index in [0.717, 1.165) is 49.7 Å². The lowest BCUT2D eigenvalue weighted by atomic mass is 9.78. The summed E-state index contributed by atoms with van der Waals surface area (Å²) in [6, 6.07) is -0.0931. The molecule has 0 spiro atoms. The molecule has 0 radical (unpaired) electrons. The highest BCUT2D eigenvalue weighted by molar-refractivity contribution is 7.91. The van der Waals surface area contributed by atoms with Crippen LogP contribution in [-0.4, -0.2) is 63.2 Å². The van der Waals surface area contributed by atoms with Gasteiger partial charge in [-0.25, -0.2) is 8.42 Å². The molecule has 3 aliphatic rings. The lowest BCUT2D eigenvalue weighted by Gasteiger charge is -2.44. The number of anilines is 1. The van der Waals surface area contributed by atoms with Crippen LogP contribution in [-0.2, 0) is 31.1 Å². The number of nitrogens with one attached hydrogen (secondary N) is 1. The van der Waals surface area contributed by atoms with Crippen molar-refractivity contribution in [3.63, 3.8) is 0 Å². The van der Waals surface area contributed by atoms with Crippen molar-refractivity contribution < 1.29 is 26.7 Å². The van der Waals surface area contributed by atoms with Crippen molar-refractivity contribution in [3.8, 4) is 0 Å². The summed E-state index contributed by atoms with van der Waals surface area (Å²) in [4.78, 5) is 15.3. The molecule has 0 saturated heterocycles. The highest BCUT2D eigenvalue weighted by Crippen LogP contribution is 2.42. The number of carbonyl (C=O) groups is 1. The number of carbonyl (C=O) groups excluding carboxylic acids is 1. The number of rotatable bonds is 7. The minimum atomic E-state index is -4.19. The number of thiophene rings is 1. The number of sulfone groups is 1. The first kappa shape index (κ1) is 25.2. The van der Waals surface area contributed by atoms with E-state index in [1.165, 1.54) is 0 Å². The third-order valence-electron chi connectivity index (χ3n) is 6.66. The van der Waals surface area contributed by atoms with E-state index in [-0.39, 0.29) is 51.2 Å². The molecule has 1 amide bonds. The molecule has 188 valence electrons. The maximum atomic E-state index is 13.6. The Balaban J connectivity index is 1.71. The van der Waals surface area contributed by atoms with Crippen LogP contribution < -0.4 is 5.32 Å². The number of nitrogens with zero attached hydrogens (tertiary/aromatic N) is 2. The summed E-state index contributed by atoms with van der Waals surface area (Å²) in [7, 11) is -7.46. The van der Waals surface area contributed by atoms with Crippen LogP contribution in [0.15, 0.2) is 26.0 Å². The van der Waals surface area contributed by atoms with Gasteiger partial charge in [0.05, 0.1) is 5.75 Å². The Morgan fingerprint density at radius 2 is 2.00 bits per heavy atom. The predicted octanol–water partition coefficient (Wildman–Crippen LogP) is 3.11. The van der Waals surface area contributed by atoms with Gasteiger partial charge in [-0.1, -0.05) is 26.7 Å². The second-order valence-electron chi connectivity index (χ2n) is 9.74. The topological polar surface area (TPSA) is 133 Å². The van der Waals surface area contributed by atoms with E-state index in [1.807, 2.05) is 0 Å². The Bertz CT molecular complexity index is 1260. The van der Waals surface area contributed by atoms with Gasteiger partial charge in [-0.3, -0.25) is 4.79 Å². The average Bonchev–Trinajstić information content (AvgIpc) is 3.15. The number of fused-ring (bicyclic) bond motifs is 2. The molecule has 1 aromatic heterocycles. The second kappa shape index (κ2) is 9.27. The predicted molar refractivity (Wildman–Crippen MR) is 133 cm³/mol. The maximum Gasteiger partial charge on any atom is 0.287 e. The highest BCUT2D eigenvalue weighted by Gasteiger charge is 2.45. The number of hydrogen-bond acceptors (Lipinski definition) is 8. The smallest absolute Gasteiger partial charge is 0.287 e. The summed E-state index contributed by atoms with van der Waals surface area (Å²) in [6.07, 6.45) is 5.41. The van der Waals surface area contributed by atoms with Gasteiger partial charge in [-0.15, -0.1) is 15.7 Å². The highest BCUT2D eigenvalue weighted by atomic mass is 32.2. The summed E-state index contributed by atoms with van der Waals surface area (Å²) in [5.41, 5.74) is 0.298. The molecule has 12 heteroatoms. The fourth-order valence-corrected chi connectivity index (χ4v) is 8.17. The quantitative estimate of drug-likeness (QED) is 0.554. The van der Waals surface area contributed by atoms with Crippen molar-refractivity contribution in [1.29, 1.82) is 0 Å². The SMILES string of the molecule is CC(C)CCN1C(=O)C(C2=NS(=O)(=O)c3c(CCS(C)(=O)=O)csc3N2)=C(O)C2CCCCC21. The van der Waals surface area contributed by atoms with Crippen LogP contribution in [0.25, 0.3) is 0 Å². The van der Waals surface area contributed by atoms with Crippen LogP contribution in [0, 0.1) is 11.8 Å². The van der Waals surface area contributed by atoms with Gasteiger partial charge in [-0.05, 0) is 42.5 Å². The fourth-order valence-electron chi connectivity index (χ4n) is 4.90.